The van der Waals surface area contributed by atoms with Crippen molar-refractivity contribution in [3.8, 4) is 0 Å². The second-order valence-corrected chi connectivity index (χ2v) is 7.60. The van der Waals surface area contributed by atoms with Gasteiger partial charge in [-0.25, -0.2) is 9.78 Å². The molecule has 22 heavy (non-hydrogen) atoms. The second kappa shape index (κ2) is 6.21. The maximum absolute atomic E-state index is 11.8. The summed E-state index contributed by atoms with van der Waals surface area (Å²) in [6.45, 7) is 10.5. The number of nitrogens with one attached hydrogen (secondary N) is 1. The third-order valence-electron chi connectivity index (χ3n) is 3.03. The van der Waals surface area contributed by atoms with Gasteiger partial charge in [0.2, 0.25) is 0 Å². The fourth-order valence-electron chi connectivity index (χ4n) is 1.89. The van der Waals surface area contributed by atoms with Crippen molar-refractivity contribution in [3.05, 3.63) is 10.6 Å². The van der Waals surface area contributed by atoms with E-state index >= 15 is 0 Å². The van der Waals surface area contributed by atoms with Crippen LogP contribution in [0.4, 0.5) is 9.93 Å². The van der Waals surface area contributed by atoms with Gasteiger partial charge in [0.1, 0.15) is 11.6 Å². The smallest absolute Gasteiger partial charge is 0.413 e. The molecule has 0 saturated heterocycles. The highest BCUT2D eigenvalue weighted by atomic mass is 32.1. The van der Waals surface area contributed by atoms with E-state index in [9.17, 15) is 9.59 Å². The number of carbonyl (C=O) groups excluding carboxylic acids is 1. The zero-order valence-corrected chi connectivity index (χ0v) is 14.5. The summed E-state index contributed by atoms with van der Waals surface area (Å²) in [6, 6.07) is -1.07. The van der Waals surface area contributed by atoms with E-state index in [4.69, 9.17) is 15.6 Å². The first-order valence-electron chi connectivity index (χ1n) is 6.81. The van der Waals surface area contributed by atoms with Crippen LogP contribution in [-0.2, 0) is 14.9 Å². The summed E-state index contributed by atoms with van der Waals surface area (Å²) in [4.78, 5) is 27.9. The lowest BCUT2D eigenvalue weighted by Gasteiger charge is -2.27. The number of aliphatic carboxylic acids is 1. The molecule has 0 fully saturated rings. The van der Waals surface area contributed by atoms with Crippen LogP contribution >= 0.6 is 11.3 Å². The first kappa shape index (κ1) is 18.4. The number of carbonyl (C=O) groups is 2. The summed E-state index contributed by atoms with van der Waals surface area (Å²) in [5, 5.41) is 12.0. The van der Waals surface area contributed by atoms with E-state index < -0.39 is 29.1 Å². The number of hydrogen-bond donors (Lipinski definition) is 3. The normalized spacial score (nSPS) is 13.6. The van der Waals surface area contributed by atoms with Crippen LogP contribution in [-0.4, -0.2) is 33.8 Å². The Morgan fingerprint density at radius 1 is 1.32 bits per heavy atom. The third-order valence-corrected chi connectivity index (χ3v) is 4.45. The Morgan fingerprint density at radius 2 is 1.86 bits per heavy atom. The minimum Gasteiger partial charge on any atom is -0.480 e. The number of carboxylic acids is 1. The fourth-order valence-corrected chi connectivity index (χ4v) is 2.98. The van der Waals surface area contributed by atoms with Gasteiger partial charge in [0, 0.05) is 10.3 Å². The maximum Gasteiger partial charge on any atom is 0.413 e. The Hall–Kier alpha value is -1.67. The lowest BCUT2D eigenvalue weighted by Crippen LogP contribution is -2.46. The van der Waals surface area contributed by atoms with E-state index in [0.717, 1.165) is 0 Å². The van der Waals surface area contributed by atoms with Crippen LogP contribution in [0.3, 0.4) is 0 Å². The summed E-state index contributed by atoms with van der Waals surface area (Å²) < 4.78 is 5.16. The zero-order valence-electron chi connectivity index (χ0n) is 13.7. The highest BCUT2D eigenvalue weighted by Gasteiger charge is 2.37. The molecule has 0 bridgehead atoms. The van der Waals surface area contributed by atoms with Crippen LogP contribution in [0, 0.1) is 6.92 Å². The van der Waals surface area contributed by atoms with Crippen molar-refractivity contribution >= 4 is 28.5 Å². The molecule has 1 rings (SSSR count). The molecule has 8 heteroatoms. The van der Waals surface area contributed by atoms with Gasteiger partial charge in [-0.15, -0.1) is 11.3 Å². The molecule has 0 radical (unpaired) electrons. The van der Waals surface area contributed by atoms with E-state index in [0.29, 0.717) is 15.7 Å². The summed E-state index contributed by atoms with van der Waals surface area (Å²) in [5.74, 6) is -1.08. The van der Waals surface area contributed by atoms with Gasteiger partial charge >= 0.3 is 12.1 Å². The number of ether oxygens (including phenoxy) is 1. The van der Waals surface area contributed by atoms with Crippen LogP contribution in [0.25, 0.3) is 0 Å². The Bertz CT molecular complexity index is 575. The average molecular weight is 329 g/mol. The predicted octanol–water partition coefficient (Wildman–Crippen LogP) is 2.49. The van der Waals surface area contributed by atoms with Crippen molar-refractivity contribution in [2.24, 2.45) is 5.73 Å². The molecule has 0 aromatic carbocycles. The second-order valence-electron chi connectivity index (χ2n) is 6.60. The number of rotatable bonds is 4. The topological polar surface area (TPSA) is 115 Å². The number of thiazole rings is 1. The van der Waals surface area contributed by atoms with Gasteiger partial charge < -0.3 is 15.6 Å². The molecule has 1 aromatic rings. The maximum atomic E-state index is 11.8. The molecule has 1 atom stereocenters. The molecule has 0 aliphatic heterocycles. The molecule has 7 nitrogen and oxygen atoms in total. The fraction of sp³-hybridized carbons (Fsp3) is 0.643. The minimum atomic E-state index is -1.08. The Balaban J connectivity index is 2.97. The van der Waals surface area contributed by atoms with Crippen LogP contribution in [0.15, 0.2) is 0 Å². The van der Waals surface area contributed by atoms with Crippen LogP contribution in [0.5, 0.6) is 0 Å². The first-order chi connectivity index (χ1) is 9.84. The summed E-state index contributed by atoms with van der Waals surface area (Å²) in [7, 11) is 0. The summed E-state index contributed by atoms with van der Waals surface area (Å²) >= 11 is 1.20. The highest BCUT2D eigenvalue weighted by molar-refractivity contribution is 7.16. The van der Waals surface area contributed by atoms with E-state index in [1.807, 2.05) is 0 Å². The van der Waals surface area contributed by atoms with E-state index in [1.165, 1.54) is 11.3 Å². The summed E-state index contributed by atoms with van der Waals surface area (Å²) in [6.07, 6.45) is -0.604. The average Bonchev–Trinajstić information content (AvgIpc) is 2.66. The highest BCUT2D eigenvalue weighted by Crippen LogP contribution is 2.36. The number of hydrogen-bond acceptors (Lipinski definition) is 6. The number of anilines is 1. The van der Waals surface area contributed by atoms with Gasteiger partial charge in [-0.3, -0.25) is 10.1 Å². The van der Waals surface area contributed by atoms with Gasteiger partial charge in [0.25, 0.3) is 0 Å². The molecular formula is C14H23N3O4S. The molecule has 4 N–H and O–H groups in total. The van der Waals surface area contributed by atoms with Crippen molar-refractivity contribution in [2.45, 2.75) is 58.6 Å². The van der Waals surface area contributed by atoms with E-state index in [1.54, 1.807) is 41.5 Å². The molecular weight excluding hydrogens is 306 g/mol. The first-order valence-corrected chi connectivity index (χ1v) is 7.62. The zero-order chi connectivity index (χ0) is 17.3. The molecule has 1 heterocycles. The van der Waals surface area contributed by atoms with Crippen LogP contribution < -0.4 is 11.1 Å². The number of carboxylic acid groups (broad SMARTS) is 1. The monoisotopic (exact) mass is 329 g/mol. The molecule has 1 amide bonds. The van der Waals surface area contributed by atoms with Crippen molar-refractivity contribution in [1.82, 2.24) is 4.98 Å². The van der Waals surface area contributed by atoms with E-state index in [2.05, 4.69) is 10.3 Å². The number of nitrogens with two attached hydrogens (primary N) is 1. The Labute approximate surface area is 133 Å². The molecule has 1 unspecified atom stereocenters. The molecule has 1 aromatic heterocycles. The van der Waals surface area contributed by atoms with Gasteiger partial charge in [0.05, 0.1) is 5.69 Å². The minimum absolute atomic E-state index is 0.354. The largest absolute Gasteiger partial charge is 0.480 e. The van der Waals surface area contributed by atoms with Gasteiger partial charge in [-0.2, -0.15) is 0 Å². The third kappa shape index (κ3) is 4.41. The predicted molar refractivity (Wildman–Crippen MR) is 85.3 cm³/mol. The standard InChI is InChI=1S/C14H23N3O4S/c1-7-9(14(5,6)8(15)10(18)19)22-11(16-7)17-12(20)21-13(2,3)4/h8H,15H2,1-6H3,(H,18,19)(H,16,17,20). The van der Waals surface area contributed by atoms with Crippen LogP contribution in [0.2, 0.25) is 0 Å². The van der Waals surface area contributed by atoms with Crippen molar-refractivity contribution < 1.29 is 19.4 Å². The number of aromatic nitrogens is 1. The van der Waals surface area contributed by atoms with E-state index in [-0.39, 0.29) is 0 Å². The Kier molecular flexibility index (Phi) is 5.19. The van der Waals surface area contributed by atoms with Crippen molar-refractivity contribution in [1.29, 1.82) is 0 Å². The summed E-state index contributed by atoms with van der Waals surface area (Å²) in [5.41, 5.74) is 4.98. The van der Waals surface area contributed by atoms with Gasteiger partial charge in [-0.1, -0.05) is 13.8 Å². The molecule has 0 aliphatic rings. The molecule has 0 spiro atoms. The van der Waals surface area contributed by atoms with Crippen molar-refractivity contribution in [2.75, 3.05) is 5.32 Å². The molecule has 0 aliphatic carbocycles. The van der Waals surface area contributed by atoms with Crippen LogP contribution in [0.1, 0.15) is 45.2 Å². The SMILES string of the molecule is Cc1nc(NC(=O)OC(C)(C)C)sc1C(C)(C)C(N)C(=O)O. The number of aryl methyl sites for hydroxylation is 1. The van der Waals surface area contributed by atoms with Gasteiger partial charge in [0.15, 0.2) is 5.13 Å². The number of nitrogens with zero attached hydrogens (tertiary/aromatic N) is 1. The quantitative estimate of drug-likeness (QED) is 0.782. The lowest BCUT2D eigenvalue weighted by molar-refractivity contribution is -0.140. The van der Waals surface area contributed by atoms with Crippen molar-refractivity contribution in [3.63, 3.8) is 0 Å². The molecule has 0 saturated carbocycles. The Morgan fingerprint density at radius 3 is 2.32 bits per heavy atom. The number of amides is 1. The van der Waals surface area contributed by atoms with Gasteiger partial charge in [-0.05, 0) is 27.7 Å². The molecule has 124 valence electrons. The lowest BCUT2D eigenvalue weighted by atomic mass is 9.82.